The largest absolute Gasteiger partial charge is 0.501 e. The van der Waals surface area contributed by atoms with Crippen molar-refractivity contribution >= 4 is 50.0 Å². The standard InChI is InChI=1S/C36H35NO2/c1-22-24(3)36(25(4)23(2)34(22)35(26(5)38)27(6)39-7)37(32-18-16-28-12-8-10-14-30(28)20-32)33-19-17-29-13-9-11-15-31(29)21-33/h8-21H,1-7H3/b35-27+. The zero-order valence-corrected chi connectivity index (χ0v) is 23.8. The number of ether oxygens (including phenoxy) is 1. The maximum Gasteiger partial charge on any atom is 0.163 e. The van der Waals surface area contributed by atoms with Gasteiger partial charge in [-0.25, -0.2) is 0 Å². The first-order valence-corrected chi connectivity index (χ1v) is 13.4. The van der Waals surface area contributed by atoms with Gasteiger partial charge >= 0.3 is 0 Å². The van der Waals surface area contributed by atoms with Crippen molar-refractivity contribution in [1.29, 1.82) is 0 Å². The van der Waals surface area contributed by atoms with Crippen LogP contribution in [0, 0.1) is 27.7 Å². The second-order valence-corrected chi connectivity index (χ2v) is 10.3. The molecule has 0 aliphatic rings. The van der Waals surface area contributed by atoms with Gasteiger partial charge in [-0.1, -0.05) is 60.7 Å². The predicted octanol–water partition coefficient (Wildman–Crippen LogP) is 9.66. The number of hydrogen-bond donors (Lipinski definition) is 0. The summed E-state index contributed by atoms with van der Waals surface area (Å²) in [5, 5.41) is 4.81. The second-order valence-electron chi connectivity index (χ2n) is 10.3. The minimum Gasteiger partial charge on any atom is -0.501 e. The van der Waals surface area contributed by atoms with Crippen LogP contribution in [0.3, 0.4) is 0 Å². The number of rotatable bonds is 6. The number of carbonyl (C=O) groups is 1. The molecule has 0 unspecified atom stereocenters. The van der Waals surface area contributed by atoms with E-state index in [4.69, 9.17) is 4.74 Å². The Kier molecular flexibility index (Phi) is 7.01. The fourth-order valence-corrected chi connectivity index (χ4v) is 5.74. The van der Waals surface area contributed by atoms with Gasteiger partial charge in [-0.2, -0.15) is 0 Å². The number of Topliss-reactive ketones (excluding diaryl/α,β-unsaturated/α-hetero) is 1. The van der Waals surface area contributed by atoms with Crippen LogP contribution >= 0.6 is 0 Å². The third-order valence-electron chi connectivity index (χ3n) is 8.05. The fraction of sp³-hybridized carbons (Fsp3) is 0.194. The highest BCUT2D eigenvalue weighted by molar-refractivity contribution is 6.21. The molecule has 5 rings (SSSR count). The van der Waals surface area contributed by atoms with Gasteiger partial charge in [0, 0.05) is 11.4 Å². The molecule has 0 aliphatic carbocycles. The van der Waals surface area contributed by atoms with Gasteiger partial charge in [-0.05, 0) is 115 Å². The number of ketones is 1. The van der Waals surface area contributed by atoms with Crippen molar-refractivity contribution in [3.63, 3.8) is 0 Å². The molecule has 0 bridgehead atoms. The Balaban J connectivity index is 1.84. The summed E-state index contributed by atoms with van der Waals surface area (Å²) in [6.07, 6.45) is 0. The van der Waals surface area contributed by atoms with Gasteiger partial charge in [0.15, 0.2) is 5.78 Å². The topological polar surface area (TPSA) is 29.5 Å². The molecule has 39 heavy (non-hydrogen) atoms. The molecule has 0 aliphatic heterocycles. The number of benzene rings is 5. The summed E-state index contributed by atoms with van der Waals surface area (Å²) in [6.45, 7) is 12.0. The van der Waals surface area contributed by atoms with Crippen molar-refractivity contribution in [3.8, 4) is 0 Å². The maximum atomic E-state index is 12.8. The molecule has 196 valence electrons. The second kappa shape index (κ2) is 10.4. The Morgan fingerprint density at radius 2 is 1.05 bits per heavy atom. The summed E-state index contributed by atoms with van der Waals surface area (Å²) in [7, 11) is 1.62. The molecule has 0 amide bonds. The molecule has 0 N–H and O–H groups in total. The fourth-order valence-electron chi connectivity index (χ4n) is 5.74. The highest BCUT2D eigenvalue weighted by Gasteiger charge is 2.26. The van der Waals surface area contributed by atoms with Gasteiger partial charge in [0.25, 0.3) is 0 Å². The van der Waals surface area contributed by atoms with E-state index in [1.807, 2.05) is 6.92 Å². The van der Waals surface area contributed by atoms with Gasteiger partial charge in [0.05, 0.1) is 18.4 Å². The van der Waals surface area contributed by atoms with Crippen molar-refractivity contribution in [2.24, 2.45) is 0 Å². The molecule has 3 nitrogen and oxygen atoms in total. The van der Waals surface area contributed by atoms with Crippen molar-refractivity contribution in [2.75, 3.05) is 12.0 Å². The lowest BCUT2D eigenvalue weighted by Gasteiger charge is -2.32. The molecule has 0 heterocycles. The van der Waals surface area contributed by atoms with Gasteiger partial charge in [-0.3, -0.25) is 4.79 Å². The molecule has 5 aromatic carbocycles. The number of fused-ring (bicyclic) bond motifs is 2. The molecule has 0 radical (unpaired) electrons. The summed E-state index contributed by atoms with van der Waals surface area (Å²) in [4.78, 5) is 15.2. The third-order valence-corrected chi connectivity index (χ3v) is 8.05. The molecule has 5 aromatic rings. The first kappa shape index (κ1) is 26.2. The van der Waals surface area contributed by atoms with Crippen LogP contribution in [0.2, 0.25) is 0 Å². The van der Waals surface area contributed by atoms with E-state index in [0.717, 1.165) is 44.9 Å². The summed E-state index contributed by atoms with van der Waals surface area (Å²) in [5.74, 6) is 0.647. The summed E-state index contributed by atoms with van der Waals surface area (Å²) in [6, 6.07) is 30.2. The van der Waals surface area contributed by atoms with Crippen LogP contribution in [-0.4, -0.2) is 12.9 Å². The monoisotopic (exact) mass is 513 g/mol. The molecule has 0 saturated carbocycles. The summed E-state index contributed by atoms with van der Waals surface area (Å²) < 4.78 is 5.56. The highest BCUT2D eigenvalue weighted by Crippen LogP contribution is 2.45. The van der Waals surface area contributed by atoms with Crippen LogP contribution in [0.5, 0.6) is 0 Å². The van der Waals surface area contributed by atoms with E-state index >= 15 is 0 Å². The van der Waals surface area contributed by atoms with Crippen LogP contribution in [-0.2, 0) is 9.53 Å². The molecular weight excluding hydrogens is 478 g/mol. The molecule has 0 atom stereocenters. The number of nitrogens with zero attached hydrogens (tertiary/aromatic N) is 1. The Morgan fingerprint density at radius 1 is 0.615 bits per heavy atom. The number of anilines is 3. The van der Waals surface area contributed by atoms with Gasteiger partial charge in [0.2, 0.25) is 0 Å². The Bertz CT molecular complexity index is 1670. The van der Waals surface area contributed by atoms with Crippen molar-refractivity contribution in [2.45, 2.75) is 41.5 Å². The Morgan fingerprint density at radius 3 is 1.46 bits per heavy atom. The SMILES string of the molecule is CO/C(C)=C(\C(C)=O)c1c(C)c(C)c(N(c2ccc3ccccc3c2)c2ccc3ccccc3c2)c(C)c1C. The lowest BCUT2D eigenvalue weighted by molar-refractivity contribution is -0.111. The van der Waals surface area contributed by atoms with Crippen LogP contribution in [0.1, 0.15) is 41.7 Å². The minimum absolute atomic E-state index is 0.00742. The Labute approximate surface area is 231 Å². The number of allylic oxidation sites excluding steroid dienone is 2. The molecule has 0 spiro atoms. The molecular formula is C36H35NO2. The maximum absolute atomic E-state index is 12.8. The van der Waals surface area contributed by atoms with Crippen LogP contribution in [0.15, 0.2) is 90.7 Å². The van der Waals surface area contributed by atoms with Crippen molar-refractivity contribution in [3.05, 3.63) is 119 Å². The van der Waals surface area contributed by atoms with Gasteiger partial charge in [0.1, 0.15) is 5.76 Å². The average Bonchev–Trinajstić information content (AvgIpc) is 2.95. The van der Waals surface area contributed by atoms with Gasteiger partial charge in [-0.15, -0.1) is 0 Å². The normalized spacial score (nSPS) is 12.0. The average molecular weight is 514 g/mol. The van der Waals surface area contributed by atoms with E-state index < -0.39 is 0 Å². The first-order valence-electron chi connectivity index (χ1n) is 13.4. The molecule has 0 aromatic heterocycles. The van der Waals surface area contributed by atoms with Crippen molar-refractivity contribution in [1.82, 2.24) is 0 Å². The first-order chi connectivity index (χ1) is 18.7. The zero-order chi connectivity index (χ0) is 27.8. The van der Waals surface area contributed by atoms with Crippen molar-refractivity contribution < 1.29 is 9.53 Å². The van der Waals surface area contributed by atoms with E-state index in [0.29, 0.717) is 11.3 Å². The number of methoxy groups -OCH3 is 1. The van der Waals surface area contributed by atoms with Crippen LogP contribution in [0.4, 0.5) is 17.1 Å². The lowest BCUT2D eigenvalue weighted by Crippen LogP contribution is -2.16. The molecule has 0 fully saturated rings. The highest BCUT2D eigenvalue weighted by atomic mass is 16.5. The number of hydrogen-bond acceptors (Lipinski definition) is 3. The molecule has 3 heteroatoms. The van der Waals surface area contributed by atoms with E-state index in [1.165, 1.54) is 21.5 Å². The van der Waals surface area contributed by atoms with E-state index in [9.17, 15) is 4.79 Å². The zero-order valence-electron chi connectivity index (χ0n) is 23.8. The van der Waals surface area contributed by atoms with E-state index in [1.54, 1.807) is 14.0 Å². The van der Waals surface area contributed by atoms with Gasteiger partial charge < -0.3 is 9.64 Å². The van der Waals surface area contributed by atoms with E-state index in [-0.39, 0.29) is 5.78 Å². The summed E-state index contributed by atoms with van der Waals surface area (Å²) in [5.41, 5.74) is 9.38. The predicted molar refractivity (Wildman–Crippen MR) is 165 cm³/mol. The lowest BCUT2D eigenvalue weighted by atomic mass is 9.85. The minimum atomic E-state index is 0.00742. The third kappa shape index (κ3) is 4.59. The Hall–Kier alpha value is -4.37. The van der Waals surface area contributed by atoms with Crippen LogP contribution in [0.25, 0.3) is 27.1 Å². The molecule has 0 saturated heterocycles. The van der Waals surface area contributed by atoms with E-state index in [2.05, 4.69) is 118 Å². The smallest absolute Gasteiger partial charge is 0.163 e. The quantitative estimate of drug-likeness (QED) is 0.167. The van der Waals surface area contributed by atoms with Crippen LogP contribution < -0.4 is 4.90 Å². The summed E-state index contributed by atoms with van der Waals surface area (Å²) >= 11 is 0. The number of carbonyl (C=O) groups excluding carboxylic acids is 1.